The normalized spacial score (nSPS) is 30.3. The van der Waals surface area contributed by atoms with Gasteiger partial charge in [0, 0.05) is 12.3 Å². The Morgan fingerprint density at radius 3 is 2.35 bits per heavy atom. The molecule has 1 aromatic heterocycles. The van der Waals surface area contributed by atoms with Gasteiger partial charge in [0.25, 0.3) is 5.56 Å². The van der Waals surface area contributed by atoms with E-state index in [1.807, 2.05) is 4.98 Å². The van der Waals surface area contributed by atoms with Crippen LogP contribution in [-0.4, -0.2) is 53.0 Å². The van der Waals surface area contributed by atoms with Gasteiger partial charge in [0.2, 0.25) is 0 Å². The van der Waals surface area contributed by atoms with E-state index in [0.717, 1.165) is 16.8 Å². The van der Waals surface area contributed by atoms with Crippen molar-refractivity contribution in [2.75, 3.05) is 6.61 Å². The van der Waals surface area contributed by atoms with Gasteiger partial charge in [-0.15, -0.1) is 6.42 Å². The quantitative estimate of drug-likeness (QED) is 0.179. The number of phosphoric ester groups is 1. The average molecular weight is 506 g/mol. The van der Waals surface area contributed by atoms with Crippen molar-refractivity contribution in [3.8, 4) is 12.3 Å². The highest BCUT2D eigenvalue weighted by Crippen LogP contribution is 2.66. The van der Waals surface area contributed by atoms with Gasteiger partial charge >= 0.3 is 29.2 Å². The molecule has 16 nitrogen and oxygen atoms in total. The van der Waals surface area contributed by atoms with E-state index in [9.17, 15) is 33.3 Å². The summed E-state index contributed by atoms with van der Waals surface area (Å²) in [5.41, 5.74) is -3.25. The molecule has 0 radical (unpaired) electrons. The number of phosphoric acid groups is 3. The summed E-state index contributed by atoms with van der Waals surface area (Å²) in [5.74, 6) is 2.24. The lowest BCUT2D eigenvalue weighted by Crippen LogP contribution is -2.40. The number of hydrogen-bond acceptors (Lipinski definition) is 10. The lowest BCUT2D eigenvalue weighted by molar-refractivity contribution is -0.0494. The van der Waals surface area contributed by atoms with Gasteiger partial charge in [0.15, 0.2) is 6.23 Å². The van der Waals surface area contributed by atoms with Crippen LogP contribution in [0.2, 0.25) is 0 Å². The fourth-order valence-corrected chi connectivity index (χ4v) is 5.67. The Labute approximate surface area is 172 Å². The molecule has 1 aromatic rings. The van der Waals surface area contributed by atoms with Crippen LogP contribution < -0.4 is 11.2 Å². The van der Waals surface area contributed by atoms with E-state index in [1.54, 1.807) is 0 Å². The monoisotopic (exact) mass is 506 g/mol. The Morgan fingerprint density at radius 2 is 1.84 bits per heavy atom. The van der Waals surface area contributed by atoms with E-state index in [4.69, 9.17) is 25.8 Å². The molecule has 174 valence electrons. The summed E-state index contributed by atoms with van der Waals surface area (Å²) in [6.45, 7) is 0.321. The highest BCUT2D eigenvalue weighted by Gasteiger charge is 2.54. The van der Waals surface area contributed by atoms with Gasteiger partial charge in [-0.3, -0.25) is 18.9 Å². The zero-order valence-electron chi connectivity index (χ0n) is 15.4. The molecule has 0 saturated carbocycles. The molecule has 2 unspecified atom stereocenters. The first-order chi connectivity index (χ1) is 14.0. The number of H-pyrrole nitrogens is 1. The van der Waals surface area contributed by atoms with Crippen LogP contribution in [0.3, 0.4) is 0 Å². The smallest absolute Gasteiger partial charge is 0.389 e. The summed E-state index contributed by atoms with van der Waals surface area (Å²) < 4.78 is 51.6. The van der Waals surface area contributed by atoms with Crippen molar-refractivity contribution in [2.24, 2.45) is 5.41 Å². The van der Waals surface area contributed by atoms with Gasteiger partial charge < -0.3 is 29.4 Å². The SMILES string of the molecule is C#C[C@]1(C)[C@H](O)[C@@H](COP(=O)(O)OP(=O)(O)OP(=O)(O)O)O[C@H]1n1ccc(=O)[nH]c1=O. The van der Waals surface area contributed by atoms with Gasteiger partial charge in [0.05, 0.1) is 6.61 Å². The minimum Gasteiger partial charge on any atom is -0.389 e. The molecule has 2 heterocycles. The first-order valence-corrected chi connectivity index (χ1v) is 12.4. The Balaban J connectivity index is 2.19. The average Bonchev–Trinajstić information content (AvgIpc) is 2.82. The summed E-state index contributed by atoms with van der Waals surface area (Å²) in [6, 6.07) is 0.980. The van der Waals surface area contributed by atoms with Crippen molar-refractivity contribution in [2.45, 2.75) is 25.4 Å². The molecule has 0 amide bonds. The van der Waals surface area contributed by atoms with Gasteiger partial charge in [-0.05, 0) is 6.92 Å². The molecule has 0 aliphatic carbocycles. The minimum absolute atomic E-state index is 0.716. The number of aliphatic hydroxyl groups is 1. The molecule has 19 heteroatoms. The van der Waals surface area contributed by atoms with E-state index in [-0.39, 0.29) is 0 Å². The lowest BCUT2D eigenvalue weighted by Gasteiger charge is -2.27. The van der Waals surface area contributed by atoms with E-state index in [1.165, 1.54) is 6.92 Å². The Bertz CT molecular complexity index is 1130. The van der Waals surface area contributed by atoms with Crippen LogP contribution >= 0.6 is 23.5 Å². The number of nitrogens with one attached hydrogen (secondary N) is 1. The lowest BCUT2D eigenvalue weighted by atomic mass is 9.83. The summed E-state index contributed by atoms with van der Waals surface area (Å²) in [4.78, 5) is 60.9. The topological polar surface area (TPSA) is 244 Å². The van der Waals surface area contributed by atoms with Crippen LogP contribution in [0, 0.1) is 17.8 Å². The van der Waals surface area contributed by atoms with Crippen LogP contribution in [0.1, 0.15) is 13.2 Å². The van der Waals surface area contributed by atoms with Crippen molar-refractivity contribution in [3.63, 3.8) is 0 Å². The number of aliphatic hydroxyl groups excluding tert-OH is 1. The first-order valence-electron chi connectivity index (χ1n) is 7.91. The standard InChI is InChI=1S/C12H17N2O14P3/c1-3-12(2)9(16)7(26-10(12)14-5-4-8(15)13-11(14)17)6-25-30(21,22)28-31(23,24)27-29(18,19)20/h1,4-5,7,9-10,16H,6H2,2H3,(H,21,22)(H,23,24)(H,13,15,17)(H2,18,19,20)/t7-,9-,10-,12-/m1/s1. The molecule has 1 aliphatic rings. The van der Waals surface area contributed by atoms with E-state index < -0.39 is 65.2 Å². The molecular formula is C12H17N2O14P3. The molecule has 6 atom stereocenters. The number of terminal acetylenes is 1. The van der Waals surface area contributed by atoms with Crippen molar-refractivity contribution in [3.05, 3.63) is 33.1 Å². The molecule has 1 fully saturated rings. The summed E-state index contributed by atoms with van der Waals surface area (Å²) in [7, 11) is -16.8. The minimum atomic E-state index is -5.73. The molecule has 0 spiro atoms. The van der Waals surface area contributed by atoms with Crippen LogP contribution in [0.4, 0.5) is 0 Å². The zero-order valence-corrected chi connectivity index (χ0v) is 18.1. The highest BCUT2D eigenvalue weighted by molar-refractivity contribution is 7.66. The van der Waals surface area contributed by atoms with E-state index in [2.05, 4.69) is 19.1 Å². The van der Waals surface area contributed by atoms with Crippen LogP contribution in [0.25, 0.3) is 0 Å². The maximum atomic E-state index is 12.0. The number of rotatable bonds is 8. The third-order valence-corrected chi connectivity index (χ3v) is 7.82. The number of aromatic nitrogens is 2. The molecule has 6 N–H and O–H groups in total. The van der Waals surface area contributed by atoms with Crippen LogP contribution in [0.5, 0.6) is 0 Å². The largest absolute Gasteiger partial charge is 0.490 e. The van der Waals surface area contributed by atoms with Gasteiger partial charge in [-0.1, -0.05) is 5.92 Å². The number of hydrogen-bond donors (Lipinski definition) is 6. The van der Waals surface area contributed by atoms with Gasteiger partial charge in [-0.25, -0.2) is 18.5 Å². The van der Waals surface area contributed by atoms with E-state index in [0.29, 0.717) is 0 Å². The second-order valence-electron chi connectivity index (χ2n) is 6.30. The molecule has 31 heavy (non-hydrogen) atoms. The third-order valence-electron chi connectivity index (χ3n) is 4.02. The number of aromatic amines is 1. The van der Waals surface area contributed by atoms with Gasteiger partial charge in [0.1, 0.15) is 17.6 Å². The third kappa shape index (κ3) is 6.30. The Kier molecular flexibility index (Phi) is 7.36. The maximum Gasteiger partial charge on any atom is 0.490 e. The van der Waals surface area contributed by atoms with Crippen molar-refractivity contribution < 1.29 is 56.3 Å². The molecule has 0 aromatic carbocycles. The van der Waals surface area contributed by atoms with Crippen LogP contribution in [0.15, 0.2) is 21.9 Å². The van der Waals surface area contributed by atoms with Crippen molar-refractivity contribution in [1.29, 1.82) is 0 Å². The predicted molar refractivity (Wildman–Crippen MR) is 98.0 cm³/mol. The highest BCUT2D eigenvalue weighted by atomic mass is 31.3. The fraction of sp³-hybridized carbons (Fsp3) is 0.500. The fourth-order valence-electron chi connectivity index (χ4n) is 2.64. The first kappa shape index (κ1) is 25.8. The second kappa shape index (κ2) is 8.84. The Hall–Kier alpha value is -1.43. The summed E-state index contributed by atoms with van der Waals surface area (Å²) in [6.07, 6.45) is 2.01. The van der Waals surface area contributed by atoms with Crippen molar-refractivity contribution in [1.82, 2.24) is 9.55 Å². The molecule has 0 bridgehead atoms. The summed E-state index contributed by atoms with van der Waals surface area (Å²) in [5, 5.41) is 10.5. The number of ether oxygens (including phenoxy) is 1. The molecule has 1 saturated heterocycles. The second-order valence-corrected chi connectivity index (χ2v) is 10.7. The maximum absolute atomic E-state index is 12.0. The molecule has 1 aliphatic heterocycles. The number of nitrogens with zero attached hydrogens (tertiary/aromatic N) is 1. The van der Waals surface area contributed by atoms with E-state index >= 15 is 0 Å². The summed E-state index contributed by atoms with van der Waals surface area (Å²) >= 11 is 0. The zero-order chi connectivity index (χ0) is 23.8. The van der Waals surface area contributed by atoms with Crippen LogP contribution in [-0.2, 0) is 31.6 Å². The molecular weight excluding hydrogens is 489 g/mol. The van der Waals surface area contributed by atoms with Crippen molar-refractivity contribution >= 4 is 23.5 Å². The van der Waals surface area contributed by atoms with Gasteiger partial charge in [-0.2, -0.15) is 8.62 Å². The molecule has 2 rings (SSSR count). The Morgan fingerprint density at radius 1 is 1.23 bits per heavy atom. The predicted octanol–water partition coefficient (Wildman–Crippen LogP) is -1.22.